The van der Waals surface area contributed by atoms with Gasteiger partial charge in [-0.2, -0.15) is 0 Å². The number of hydrogen-bond acceptors (Lipinski definition) is 3. The summed E-state index contributed by atoms with van der Waals surface area (Å²) in [6.07, 6.45) is 3.57. The molecule has 0 radical (unpaired) electrons. The molecule has 0 spiro atoms. The summed E-state index contributed by atoms with van der Waals surface area (Å²) in [5.74, 6) is -0.0105. The molecule has 4 nitrogen and oxygen atoms in total. The van der Waals surface area contributed by atoms with E-state index in [9.17, 15) is 4.79 Å². The van der Waals surface area contributed by atoms with Gasteiger partial charge in [0.15, 0.2) is 0 Å². The van der Waals surface area contributed by atoms with Gasteiger partial charge in [0.1, 0.15) is 5.69 Å². The number of carbonyl (C=O) groups excluding carboxylic acids is 1. The van der Waals surface area contributed by atoms with E-state index in [0.29, 0.717) is 5.69 Å². The molecular formula is C19H24ClN3O. The van der Waals surface area contributed by atoms with Gasteiger partial charge in [0.2, 0.25) is 0 Å². The van der Waals surface area contributed by atoms with Crippen LogP contribution in [-0.2, 0) is 0 Å². The predicted octanol–water partition coefficient (Wildman–Crippen LogP) is 5.05. The Kier molecular flexibility index (Phi) is 6.62. The second-order valence-electron chi connectivity index (χ2n) is 5.81. The van der Waals surface area contributed by atoms with Crippen LogP contribution in [0.25, 0.3) is 0 Å². The lowest BCUT2D eigenvalue weighted by Crippen LogP contribution is -2.33. The quantitative estimate of drug-likeness (QED) is 0.763. The molecule has 128 valence electrons. The van der Waals surface area contributed by atoms with Gasteiger partial charge < -0.3 is 10.2 Å². The maximum atomic E-state index is 12.5. The first-order valence-corrected chi connectivity index (χ1v) is 8.71. The molecule has 0 unspecified atom stereocenters. The minimum Gasteiger partial charge on any atom is -0.354 e. The van der Waals surface area contributed by atoms with Crippen molar-refractivity contribution >= 4 is 28.9 Å². The Morgan fingerprint density at radius 2 is 1.79 bits per heavy atom. The minimum atomic E-state index is -0.0105. The third kappa shape index (κ3) is 4.71. The molecule has 0 aliphatic heterocycles. The third-order valence-electron chi connectivity index (χ3n) is 3.72. The van der Waals surface area contributed by atoms with Crippen LogP contribution in [0.5, 0.6) is 0 Å². The van der Waals surface area contributed by atoms with Crippen LogP contribution in [0.15, 0.2) is 36.5 Å². The number of halogens is 1. The lowest BCUT2D eigenvalue weighted by molar-refractivity contribution is 0.0749. The molecule has 1 N–H and O–H groups in total. The molecule has 0 saturated carbocycles. The highest BCUT2D eigenvalue weighted by atomic mass is 35.5. The number of anilines is 2. The topological polar surface area (TPSA) is 45.2 Å². The summed E-state index contributed by atoms with van der Waals surface area (Å²) in [5.41, 5.74) is 3.23. The summed E-state index contributed by atoms with van der Waals surface area (Å²) >= 11 is 6.14. The van der Waals surface area contributed by atoms with E-state index in [-0.39, 0.29) is 5.91 Å². The van der Waals surface area contributed by atoms with Crippen LogP contribution in [0.3, 0.4) is 0 Å². The second kappa shape index (κ2) is 8.69. The van der Waals surface area contributed by atoms with Crippen molar-refractivity contribution in [2.24, 2.45) is 0 Å². The van der Waals surface area contributed by atoms with Crippen molar-refractivity contribution in [1.82, 2.24) is 9.88 Å². The molecule has 0 aliphatic rings. The molecule has 24 heavy (non-hydrogen) atoms. The average molecular weight is 346 g/mol. The number of aromatic nitrogens is 1. The fourth-order valence-electron chi connectivity index (χ4n) is 2.45. The van der Waals surface area contributed by atoms with Gasteiger partial charge >= 0.3 is 0 Å². The Morgan fingerprint density at radius 3 is 2.33 bits per heavy atom. The third-order valence-corrected chi connectivity index (χ3v) is 4.12. The highest BCUT2D eigenvalue weighted by Gasteiger charge is 2.15. The fourth-order valence-corrected chi connectivity index (χ4v) is 2.63. The van der Waals surface area contributed by atoms with E-state index >= 15 is 0 Å². The molecule has 0 atom stereocenters. The monoisotopic (exact) mass is 345 g/mol. The number of pyridine rings is 1. The number of amides is 1. The number of nitrogens with one attached hydrogen (secondary N) is 1. The van der Waals surface area contributed by atoms with Crippen LogP contribution in [0.4, 0.5) is 11.4 Å². The molecule has 2 aromatic rings. The fraction of sp³-hybridized carbons (Fsp3) is 0.368. The van der Waals surface area contributed by atoms with Crippen molar-refractivity contribution in [3.8, 4) is 0 Å². The standard InChI is InChI=1S/C19H24ClN3O/c1-4-10-23(11-5-2)19(24)18-9-8-16(13-21-18)22-15-7-6-14(3)17(20)12-15/h6-9,12-13,22H,4-5,10-11H2,1-3H3. The zero-order chi connectivity index (χ0) is 17.5. The summed E-state index contributed by atoms with van der Waals surface area (Å²) in [5, 5.41) is 3.96. The lowest BCUT2D eigenvalue weighted by Gasteiger charge is -2.21. The Labute approximate surface area is 148 Å². The van der Waals surface area contributed by atoms with Crippen molar-refractivity contribution in [3.05, 3.63) is 52.8 Å². The minimum absolute atomic E-state index is 0.0105. The number of hydrogen-bond donors (Lipinski definition) is 1. The molecule has 1 aromatic carbocycles. The lowest BCUT2D eigenvalue weighted by atomic mass is 10.2. The van der Waals surface area contributed by atoms with E-state index < -0.39 is 0 Å². The second-order valence-corrected chi connectivity index (χ2v) is 6.22. The van der Waals surface area contributed by atoms with Gasteiger partial charge in [0, 0.05) is 23.8 Å². The SMILES string of the molecule is CCCN(CCC)C(=O)c1ccc(Nc2ccc(C)c(Cl)c2)cn1. The van der Waals surface area contributed by atoms with Gasteiger partial charge in [0.25, 0.3) is 5.91 Å². The normalized spacial score (nSPS) is 10.5. The molecule has 0 saturated heterocycles. The predicted molar refractivity (Wildman–Crippen MR) is 100 cm³/mol. The summed E-state index contributed by atoms with van der Waals surface area (Å²) in [4.78, 5) is 18.7. The zero-order valence-corrected chi connectivity index (χ0v) is 15.2. The Morgan fingerprint density at radius 1 is 1.12 bits per heavy atom. The maximum Gasteiger partial charge on any atom is 0.272 e. The van der Waals surface area contributed by atoms with E-state index in [1.54, 1.807) is 12.3 Å². The average Bonchev–Trinajstić information content (AvgIpc) is 2.58. The van der Waals surface area contributed by atoms with Gasteiger partial charge in [-0.05, 0) is 49.6 Å². The van der Waals surface area contributed by atoms with Crippen LogP contribution in [0.1, 0.15) is 42.7 Å². The first kappa shape index (κ1) is 18.3. The Hall–Kier alpha value is -2.07. The largest absolute Gasteiger partial charge is 0.354 e. The molecule has 1 aromatic heterocycles. The number of nitrogens with zero attached hydrogens (tertiary/aromatic N) is 2. The number of rotatable bonds is 7. The first-order valence-electron chi connectivity index (χ1n) is 8.33. The smallest absolute Gasteiger partial charge is 0.272 e. The van der Waals surface area contributed by atoms with Crippen LogP contribution in [-0.4, -0.2) is 28.9 Å². The van der Waals surface area contributed by atoms with E-state index in [1.807, 2.05) is 36.1 Å². The Bertz CT molecular complexity index is 680. The highest BCUT2D eigenvalue weighted by Crippen LogP contribution is 2.23. The van der Waals surface area contributed by atoms with Gasteiger partial charge in [0.05, 0.1) is 11.9 Å². The van der Waals surface area contributed by atoms with E-state index in [2.05, 4.69) is 24.1 Å². The molecular weight excluding hydrogens is 322 g/mol. The van der Waals surface area contributed by atoms with Crippen molar-refractivity contribution < 1.29 is 4.79 Å². The molecule has 0 fully saturated rings. The van der Waals surface area contributed by atoms with Crippen LogP contribution in [0, 0.1) is 6.92 Å². The number of benzene rings is 1. The van der Waals surface area contributed by atoms with Gasteiger partial charge in [-0.25, -0.2) is 4.98 Å². The Balaban J connectivity index is 2.09. The highest BCUT2D eigenvalue weighted by molar-refractivity contribution is 6.31. The molecule has 0 aliphatic carbocycles. The van der Waals surface area contributed by atoms with E-state index in [0.717, 1.165) is 47.9 Å². The molecule has 1 amide bonds. The zero-order valence-electron chi connectivity index (χ0n) is 14.5. The summed E-state index contributed by atoms with van der Waals surface area (Å²) in [7, 11) is 0. The van der Waals surface area contributed by atoms with Crippen LogP contribution >= 0.6 is 11.6 Å². The van der Waals surface area contributed by atoms with E-state index in [4.69, 9.17) is 11.6 Å². The molecule has 2 rings (SSSR count). The molecule has 0 bridgehead atoms. The molecule has 5 heteroatoms. The summed E-state index contributed by atoms with van der Waals surface area (Å²) in [6, 6.07) is 9.43. The van der Waals surface area contributed by atoms with Crippen molar-refractivity contribution in [1.29, 1.82) is 0 Å². The number of aryl methyl sites for hydroxylation is 1. The van der Waals surface area contributed by atoms with Crippen molar-refractivity contribution in [2.45, 2.75) is 33.6 Å². The summed E-state index contributed by atoms with van der Waals surface area (Å²) < 4.78 is 0. The van der Waals surface area contributed by atoms with Crippen molar-refractivity contribution in [2.75, 3.05) is 18.4 Å². The number of carbonyl (C=O) groups is 1. The summed E-state index contributed by atoms with van der Waals surface area (Å²) in [6.45, 7) is 7.63. The van der Waals surface area contributed by atoms with Crippen molar-refractivity contribution in [3.63, 3.8) is 0 Å². The van der Waals surface area contributed by atoms with Gasteiger partial charge in [-0.15, -0.1) is 0 Å². The van der Waals surface area contributed by atoms with Gasteiger partial charge in [-0.1, -0.05) is 31.5 Å². The molecule has 1 heterocycles. The van der Waals surface area contributed by atoms with Crippen LogP contribution in [0.2, 0.25) is 5.02 Å². The first-order chi connectivity index (χ1) is 11.5. The van der Waals surface area contributed by atoms with Gasteiger partial charge in [-0.3, -0.25) is 4.79 Å². The van der Waals surface area contributed by atoms with E-state index in [1.165, 1.54) is 0 Å². The maximum absolute atomic E-state index is 12.5. The van der Waals surface area contributed by atoms with Crippen LogP contribution < -0.4 is 5.32 Å².